The lowest BCUT2D eigenvalue weighted by atomic mass is 9.79. The normalized spacial score (nSPS) is 12.7. The molecule has 0 bridgehead atoms. The average Bonchev–Trinajstić information content (AvgIpc) is 3.71. The molecule has 0 aliphatic rings. The van der Waals surface area contributed by atoms with E-state index in [-0.39, 0.29) is 27.1 Å². The van der Waals surface area contributed by atoms with Crippen LogP contribution in [0.4, 0.5) is 0 Å². The smallest absolute Gasteiger partial charge is 0.166 e. The van der Waals surface area contributed by atoms with E-state index < -0.39 is 0 Å². The molecule has 0 aliphatic carbocycles. The van der Waals surface area contributed by atoms with Crippen LogP contribution in [0, 0.1) is 0 Å². The molecule has 378 valence electrons. The van der Waals surface area contributed by atoms with Crippen molar-refractivity contribution in [2.24, 2.45) is 0 Å². The Hall–Kier alpha value is -7.57. The molecule has 0 fully saturated rings. The van der Waals surface area contributed by atoms with E-state index >= 15 is 0 Å². The maximum Gasteiger partial charge on any atom is 0.166 e. The van der Waals surface area contributed by atoms with Gasteiger partial charge in [-0.25, -0.2) is 24.9 Å². The molecule has 0 saturated heterocycles. The Labute approximate surface area is 445 Å². The highest BCUT2D eigenvalue weighted by Crippen LogP contribution is 2.42. The van der Waals surface area contributed by atoms with Crippen LogP contribution in [-0.4, -0.2) is 29.5 Å². The van der Waals surface area contributed by atoms with E-state index in [0.717, 1.165) is 61.5 Å². The van der Waals surface area contributed by atoms with Gasteiger partial charge in [-0.15, -0.1) is 0 Å². The predicted molar refractivity (Wildman–Crippen MR) is 316 cm³/mol. The number of benzene rings is 7. The lowest BCUT2D eigenvalue weighted by Crippen LogP contribution is -2.17. The van der Waals surface area contributed by atoms with Crippen LogP contribution in [0.2, 0.25) is 0 Å². The number of nitrogens with zero attached hydrogens (tertiary/aromatic N) is 6. The van der Waals surface area contributed by atoms with Gasteiger partial charge in [-0.05, 0) is 116 Å². The third-order valence-electron chi connectivity index (χ3n) is 14.6. The Bertz CT molecular complexity index is 3550. The summed E-state index contributed by atoms with van der Waals surface area (Å²) >= 11 is 0. The lowest BCUT2D eigenvalue weighted by Gasteiger charge is -2.26. The van der Waals surface area contributed by atoms with Crippen molar-refractivity contribution in [2.75, 3.05) is 0 Å². The van der Waals surface area contributed by atoms with E-state index in [2.05, 4.69) is 248 Å². The summed E-state index contributed by atoms with van der Waals surface area (Å²) in [4.78, 5) is 27.4. The second-order valence-electron chi connectivity index (χ2n) is 25.7. The second-order valence-corrected chi connectivity index (χ2v) is 25.7. The summed E-state index contributed by atoms with van der Waals surface area (Å²) in [5.74, 6) is 2.47. The van der Waals surface area contributed by atoms with E-state index in [4.69, 9.17) is 24.9 Å². The summed E-state index contributed by atoms with van der Waals surface area (Å²) in [7, 11) is 0. The summed E-state index contributed by atoms with van der Waals surface area (Å²) in [5, 5.41) is 2.38. The Morgan fingerprint density at radius 2 is 0.707 bits per heavy atom. The van der Waals surface area contributed by atoms with Crippen molar-refractivity contribution in [3.8, 4) is 73.8 Å². The molecule has 7 aromatic carbocycles. The summed E-state index contributed by atoms with van der Waals surface area (Å²) in [6.07, 6.45) is 0. The first-order valence-corrected chi connectivity index (χ1v) is 26.6. The first kappa shape index (κ1) is 50.9. The molecule has 0 unspecified atom stereocenters. The zero-order valence-corrected chi connectivity index (χ0v) is 46.8. The number of hydrogen-bond donors (Lipinski definition) is 0. The summed E-state index contributed by atoms with van der Waals surface area (Å²) in [6.45, 7) is 34.2. The minimum Gasteiger partial charge on any atom is -0.309 e. The first-order chi connectivity index (χ1) is 35.3. The fourth-order valence-electron chi connectivity index (χ4n) is 9.84. The van der Waals surface area contributed by atoms with Crippen LogP contribution in [0.3, 0.4) is 0 Å². The van der Waals surface area contributed by atoms with Crippen molar-refractivity contribution in [2.45, 2.75) is 131 Å². The quantitative estimate of drug-likeness (QED) is 0.159. The molecule has 75 heavy (non-hydrogen) atoms. The predicted octanol–water partition coefficient (Wildman–Crippen LogP) is 18.2. The van der Waals surface area contributed by atoms with Gasteiger partial charge in [0.15, 0.2) is 23.3 Å². The number of aromatic nitrogens is 6. The molecular weight excluding hydrogens is 913 g/mol. The van der Waals surface area contributed by atoms with E-state index in [9.17, 15) is 0 Å². The largest absolute Gasteiger partial charge is 0.309 e. The molecule has 10 rings (SSSR count). The van der Waals surface area contributed by atoms with Gasteiger partial charge in [0, 0.05) is 44.2 Å². The van der Waals surface area contributed by atoms with E-state index in [1.165, 1.54) is 38.6 Å². The number of fused-ring (bicyclic) bond motifs is 3. The van der Waals surface area contributed by atoms with E-state index in [0.29, 0.717) is 23.3 Å². The van der Waals surface area contributed by atoms with E-state index in [1.807, 2.05) is 24.3 Å². The molecule has 0 aliphatic heterocycles. The Morgan fingerprint density at radius 3 is 1.21 bits per heavy atom. The standard InChI is InChI=1S/C69H72N6/c1-65(2,3)48-31-33-59-54(41-48)53-28-22-23-29-58(53)75(59)60-32-30-45(57-42-56(43-24-18-16-19-25-43)70-61(71-57)44-26-20-17-21-27-44)38-55(60)64-73-62(46-34-49(66(4,5)6)39-50(35-46)67(7,8)9)72-63(74-64)47-36-51(68(10,11)12)40-52(37-47)69(13,14)15/h16-42H,1-15H3. The van der Waals surface area contributed by atoms with Crippen LogP contribution in [0.5, 0.6) is 0 Å². The van der Waals surface area contributed by atoms with Gasteiger partial charge >= 0.3 is 0 Å². The topological polar surface area (TPSA) is 69.4 Å². The Kier molecular flexibility index (Phi) is 12.7. The molecule has 0 radical (unpaired) electrons. The molecule has 0 spiro atoms. The lowest BCUT2D eigenvalue weighted by molar-refractivity contribution is 0.568. The minimum absolute atomic E-state index is 0.0368. The Balaban J connectivity index is 1.33. The van der Waals surface area contributed by atoms with Crippen molar-refractivity contribution >= 4 is 21.8 Å². The van der Waals surface area contributed by atoms with Crippen molar-refractivity contribution in [1.82, 2.24) is 29.5 Å². The number of rotatable bonds is 7. The maximum absolute atomic E-state index is 5.66. The number of hydrogen-bond acceptors (Lipinski definition) is 5. The second kappa shape index (κ2) is 18.7. The number of para-hydroxylation sites is 1. The third-order valence-corrected chi connectivity index (χ3v) is 14.6. The summed E-state index contributed by atoms with van der Waals surface area (Å²) < 4.78 is 2.40. The van der Waals surface area contributed by atoms with Crippen LogP contribution >= 0.6 is 0 Å². The van der Waals surface area contributed by atoms with Gasteiger partial charge in [0.1, 0.15) is 0 Å². The van der Waals surface area contributed by atoms with Gasteiger partial charge in [-0.3, -0.25) is 0 Å². The van der Waals surface area contributed by atoms with E-state index in [1.54, 1.807) is 0 Å². The van der Waals surface area contributed by atoms with Crippen LogP contribution in [0.15, 0.2) is 164 Å². The van der Waals surface area contributed by atoms with Crippen molar-refractivity contribution in [1.29, 1.82) is 0 Å². The van der Waals surface area contributed by atoms with Gasteiger partial charge in [0.25, 0.3) is 0 Å². The van der Waals surface area contributed by atoms with Crippen LogP contribution in [-0.2, 0) is 27.1 Å². The summed E-state index contributed by atoms with van der Waals surface area (Å²) in [6, 6.07) is 59.0. The molecule has 6 heteroatoms. The van der Waals surface area contributed by atoms with Crippen LogP contribution < -0.4 is 0 Å². The van der Waals surface area contributed by atoms with Crippen molar-refractivity contribution in [3.05, 3.63) is 192 Å². The van der Waals surface area contributed by atoms with Crippen molar-refractivity contribution in [3.63, 3.8) is 0 Å². The highest BCUT2D eigenvalue weighted by molar-refractivity contribution is 6.10. The van der Waals surface area contributed by atoms with Gasteiger partial charge in [-0.2, -0.15) is 0 Å². The Morgan fingerprint density at radius 1 is 0.280 bits per heavy atom. The zero-order valence-electron chi connectivity index (χ0n) is 46.8. The average molecular weight is 985 g/mol. The molecule has 10 aromatic rings. The maximum atomic E-state index is 5.66. The molecule has 0 amide bonds. The fourth-order valence-corrected chi connectivity index (χ4v) is 9.84. The fraction of sp³-hybridized carbons (Fsp3) is 0.290. The van der Waals surface area contributed by atoms with Crippen LogP contribution in [0.1, 0.15) is 132 Å². The molecular formula is C69H72N6. The molecule has 0 N–H and O–H groups in total. The molecule has 3 aromatic heterocycles. The molecule has 0 saturated carbocycles. The molecule has 3 heterocycles. The third kappa shape index (κ3) is 10.3. The molecule has 6 nitrogen and oxygen atoms in total. The summed E-state index contributed by atoms with van der Waals surface area (Å²) in [5.41, 5.74) is 16.1. The van der Waals surface area contributed by atoms with Crippen molar-refractivity contribution < 1.29 is 0 Å². The zero-order chi connectivity index (χ0) is 53.4. The monoisotopic (exact) mass is 985 g/mol. The van der Waals surface area contributed by atoms with Gasteiger partial charge in [0.05, 0.1) is 28.1 Å². The molecule has 0 atom stereocenters. The first-order valence-electron chi connectivity index (χ1n) is 26.6. The highest BCUT2D eigenvalue weighted by atomic mass is 15.1. The highest BCUT2D eigenvalue weighted by Gasteiger charge is 2.27. The van der Waals surface area contributed by atoms with Gasteiger partial charge in [0.2, 0.25) is 0 Å². The van der Waals surface area contributed by atoms with Gasteiger partial charge < -0.3 is 4.57 Å². The van der Waals surface area contributed by atoms with Gasteiger partial charge in [-0.1, -0.05) is 207 Å². The minimum atomic E-state index is -0.128. The SMILES string of the molecule is CC(C)(C)c1cc(-c2nc(-c3cc(C(C)(C)C)cc(C(C)(C)C)c3)nc(-c3cc(-c4cc(-c5ccccc5)nc(-c5ccccc5)n4)ccc3-n3c4ccccc4c4cc(C(C)(C)C)ccc43)n2)cc(C(C)(C)C)c1. The van der Waals surface area contributed by atoms with Crippen LogP contribution in [0.25, 0.3) is 95.6 Å².